The predicted octanol–water partition coefficient (Wildman–Crippen LogP) is 0.332. The van der Waals surface area contributed by atoms with Gasteiger partial charge in [-0.15, -0.1) is 0 Å². The van der Waals surface area contributed by atoms with Gasteiger partial charge < -0.3 is 15.4 Å². The van der Waals surface area contributed by atoms with Gasteiger partial charge in [-0.05, 0) is 13.8 Å². The van der Waals surface area contributed by atoms with Crippen LogP contribution in [-0.4, -0.2) is 56.0 Å². The molecule has 0 atom stereocenters. The molecular weight excluding hydrogens is 260 g/mol. The Morgan fingerprint density at radius 3 is 2.60 bits per heavy atom. The van der Waals surface area contributed by atoms with Gasteiger partial charge in [0, 0.05) is 19.7 Å². The van der Waals surface area contributed by atoms with Crippen LogP contribution in [0.2, 0.25) is 0 Å². The third kappa shape index (κ3) is 3.85. The van der Waals surface area contributed by atoms with E-state index in [0.717, 1.165) is 6.54 Å². The van der Waals surface area contributed by atoms with Gasteiger partial charge in [0.1, 0.15) is 12.7 Å². The van der Waals surface area contributed by atoms with Crippen LogP contribution in [0, 0.1) is 0 Å². The predicted molar refractivity (Wildman–Crippen MR) is 73.9 cm³/mol. The fourth-order valence-electron chi connectivity index (χ4n) is 1.47. The minimum absolute atomic E-state index is 0.410. The van der Waals surface area contributed by atoms with E-state index >= 15 is 0 Å². The molecule has 9 heteroatoms. The van der Waals surface area contributed by atoms with Crippen molar-refractivity contribution in [2.75, 3.05) is 36.9 Å². The van der Waals surface area contributed by atoms with Crippen molar-refractivity contribution in [1.29, 1.82) is 0 Å². The lowest BCUT2D eigenvalue weighted by Gasteiger charge is -2.09. The summed E-state index contributed by atoms with van der Waals surface area (Å²) in [5, 5.41) is 10.2. The highest BCUT2D eigenvalue weighted by molar-refractivity contribution is 5.37. The van der Waals surface area contributed by atoms with Gasteiger partial charge in [0.25, 0.3) is 5.95 Å². The molecule has 0 aromatic carbocycles. The molecule has 2 rings (SSSR count). The molecule has 0 aliphatic carbocycles. The summed E-state index contributed by atoms with van der Waals surface area (Å²) in [4.78, 5) is 16.7. The summed E-state index contributed by atoms with van der Waals surface area (Å²) in [5.74, 6) is 1.38. The van der Waals surface area contributed by atoms with Crippen LogP contribution in [0.4, 0.5) is 11.9 Å². The molecule has 108 valence electrons. The second kappa shape index (κ2) is 7.34. The first-order valence-electron chi connectivity index (χ1n) is 6.50. The minimum atomic E-state index is 0.410. The Bertz CT molecular complexity index is 515. The van der Waals surface area contributed by atoms with Gasteiger partial charge in [0.15, 0.2) is 0 Å². The Morgan fingerprint density at radius 1 is 1.15 bits per heavy atom. The molecule has 0 aliphatic rings. The summed E-state index contributed by atoms with van der Waals surface area (Å²) in [6.07, 6.45) is 2.97. The first-order valence-corrected chi connectivity index (χ1v) is 6.50. The van der Waals surface area contributed by atoms with Crippen molar-refractivity contribution in [1.82, 2.24) is 29.7 Å². The average molecular weight is 278 g/mol. The molecule has 0 aliphatic heterocycles. The fraction of sp³-hybridized carbons (Fsp3) is 0.545. The monoisotopic (exact) mass is 278 g/mol. The Morgan fingerprint density at radius 2 is 1.95 bits per heavy atom. The van der Waals surface area contributed by atoms with Gasteiger partial charge in [-0.25, -0.2) is 4.98 Å². The van der Waals surface area contributed by atoms with Crippen molar-refractivity contribution >= 4 is 11.9 Å². The molecule has 0 fully saturated rings. The standard InChI is InChI=1S/C11H18N8O/c1-3-13-9-16-10(14-5-6-20-4-2)18-11(17-9)19-8-12-7-15-19/h7-8H,3-6H2,1-2H3,(H2,13,14,16,17,18). The largest absolute Gasteiger partial charge is 0.380 e. The molecule has 20 heavy (non-hydrogen) atoms. The number of nitrogens with one attached hydrogen (secondary N) is 2. The average Bonchev–Trinajstić information content (AvgIpc) is 2.98. The van der Waals surface area contributed by atoms with Gasteiger partial charge >= 0.3 is 0 Å². The first-order chi connectivity index (χ1) is 9.83. The van der Waals surface area contributed by atoms with Crippen molar-refractivity contribution < 1.29 is 4.74 Å². The van der Waals surface area contributed by atoms with E-state index < -0.39 is 0 Å². The van der Waals surface area contributed by atoms with Gasteiger partial charge in [-0.2, -0.15) is 24.7 Å². The van der Waals surface area contributed by atoms with Crippen molar-refractivity contribution in [3.63, 3.8) is 0 Å². The highest BCUT2D eigenvalue weighted by atomic mass is 16.5. The number of rotatable bonds is 8. The molecule has 0 bridgehead atoms. The van der Waals surface area contributed by atoms with E-state index in [1.165, 1.54) is 17.3 Å². The SMILES string of the molecule is CCNc1nc(NCCOCC)nc(-n2cncn2)n1. The van der Waals surface area contributed by atoms with Gasteiger partial charge in [-0.3, -0.25) is 0 Å². The number of aromatic nitrogens is 6. The molecule has 0 saturated carbocycles. The lowest BCUT2D eigenvalue weighted by atomic mass is 10.6. The van der Waals surface area contributed by atoms with E-state index in [0.29, 0.717) is 37.6 Å². The van der Waals surface area contributed by atoms with Crippen LogP contribution in [0.5, 0.6) is 0 Å². The Labute approximate surface area is 116 Å². The molecule has 0 amide bonds. The summed E-state index contributed by atoms with van der Waals surface area (Å²) in [6, 6.07) is 0. The van der Waals surface area contributed by atoms with Crippen LogP contribution < -0.4 is 10.6 Å². The Kier molecular flexibility index (Phi) is 5.18. The maximum absolute atomic E-state index is 5.26. The number of hydrogen-bond donors (Lipinski definition) is 2. The third-order valence-corrected chi connectivity index (χ3v) is 2.32. The Balaban J connectivity index is 2.13. The number of ether oxygens (including phenoxy) is 1. The van der Waals surface area contributed by atoms with Crippen LogP contribution in [0.25, 0.3) is 5.95 Å². The third-order valence-electron chi connectivity index (χ3n) is 2.32. The second-order valence-electron chi connectivity index (χ2n) is 3.78. The summed E-state index contributed by atoms with van der Waals surface area (Å²) in [5.41, 5.74) is 0. The molecule has 0 radical (unpaired) electrons. The van der Waals surface area contributed by atoms with E-state index in [1.54, 1.807) is 0 Å². The summed E-state index contributed by atoms with van der Waals surface area (Å²) in [6.45, 7) is 6.55. The van der Waals surface area contributed by atoms with E-state index in [1.807, 2.05) is 13.8 Å². The smallest absolute Gasteiger partial charge is 0.258 e. The van der Waals surface area contributed by atoms with Gasteiger partial charge in [0.05, 0.1) is 6.61 Å². The van der Waals surface area contributed by atoms with Gasteiger partial charge in [0.2, 0.25) is 11.9 Å². The lowest BCUT2D eigenvalue weighted by molar-refractivity contribution is 0.158. The molecule has 2 aromatic rings. The highest BCUT2D eigenvalue weighted by Crippen LogP contribution is 2.07. The summed E-state index contributed by atoms with van der Waals surface area (Å²) >= 11 is 0. The molecule has 0 spiro atoms. The van der Waals surface area contributed by atoms with E-state index in [2.05, 4.69) is 35.7 Å². The number of nitrogens with zero attached hydrogens (tertiary/aromatic N) is 6. The molecule has 2 heterocycles. The maximum atomic E-state index is 5.26. The van der Waals surface area contributed by atoms with Gasteiger partial charge in [-0.1, -0.05) is 0 Å². The molecule has 0 unspecified atom stereocenters. The van der Waals surface area contributed by atoms with Crippen LogP contribution in [0.1, 0.15) is 13.8 Å². The Hall–Kier alpha value is -2.29. The molecule has 2 aromatic heterocycles. The quantitative estimate of drug-likeness (QED) is 0.666. The zero-order valence-electron chi connectivity index (χ0n) is 11.6. The topological polar surface area (TPSA) is 103 Å². The van der Waals surface area contributed by atoms with Crippen LogP contribution in [0.3, 0.4) is 0 Å². The van der Waals surface area contributed by atoms with Crippen LogP contribution >= 0.6 is 0 Å². The zero-order valence-corrected chi connectivity index (χ0v) is 11.6. The first kappa shape index (κ1) is 14.1. The lowest BCUT2D eigenvalue weighted by Crippen LogP contribution is -2.15. The van der Waals surface area contributed by atoms with Crippen molar-refractivity contribution in [2.24, 2.45) is 0 Å². The van der Waals surface area contributed by atoms with E-state index in [9.17, 15) is 0 Å². The van der Waals surface area contributed by atoms with Crippen molar-refractivity contribution in [3.05, 3.63) is 12.7 Å². The summed E-state index contributed by atoms with van der Waals surface area (Å²) < 4.78 is 6.74. The fourth-order valence-corrected chi connectivity index (χ4v) is 1.47. The molecule has 0 saturated heterocycles. The number of hydrogen-bond acceptors (Lipinski definition) is 8. The van der Waals surface area contributed by atoms with E-state index in [4.69, 9.17) is 4.74 Å². The maximum Gasteiger partial charge on any atom is 0.258 e. The highest BCUT2D eigenvalue weighted by Gasteiger charge is 2.08. The molecular formula is C11H18N8O. The minimum Gasteiger partial charge on any atom is -0.380 e. The van der Waals surface area contributed by atoms with Crippen LogP contribution in [-0.2, 0) is 4.74 Å². The molecule has 2 N–H and O–H groups in total. The number of anilines is 2. The van der Waals surface area contributed by atoms with Crippen molar-refractivity contribution in [3.8, 4) is 5.95 Å². The molecule has 9 nitrogen and oxygen atoms in total. The zero-order chi connectivity index (χ0) is 14.2. The van der Waals surface area contributed by atoms with E-state index in [-0.39, 0.29) is 0 Å². The van der Waals surface area contributed by atoms with Crippen LogP contribution in [0.15, 0.2) is 12.7 Å². The summed E-state index contributed by atoms with van der Waals surface area (Å²) in [7, 11) is 0. The second-order valence-corrected chi connectivity index (χ2v) is 3.78. The normalized spacial score (nSPS) is 10.5. The van der Waals surface area contributed by atoms with Crippen molar-refractivity contribution in [2.45, 2.75) is 13.8 Å².